The molecule has 0 fully saturated rings. The van der Waals surface area contributed by atoms with Crippen LogP contribution in [0.3, 0.4) is 0 Å². The molecule has 1 aromatic rings. The highest BCUT2D eigenvalue weighted by molar-refractivity contribution is 7.99. The minimum Gasteiger partial charge on any atom is -0.396 e. The van der Waals surface area contributed by atoms with Crippen LogP contribution in [0.15, 0.2) is 30.3 Å². The average molecular weight is 225 g/mol. The molecule has 3 heteroatoms. The zero-order chi connectivity index (χ0) is 11.1. The van der Waals surface area contributed by atoms with E-state index >= 15 is 0 Å². The van der Waals surface area contributed by atoms with Crippen LogP contribution >= 0.6 is 11.8 Å². The van der Waals surface area contributed by atoms with Gasteiger partial charge in [0.15, 0.2) is 0 Å². The maximum Gasteiger partial charge on any atom is 0.0438 e. The van der Waals surface area contributed by atoms with Crippen LogP contribution in [0.25, 0.3) is 0 Å². The van der Waals surface area contributed by atoms with Crippen molar-refractivity contribution in [3.8, 4) is 0 Å². The molecule has 2 nitrogen and oxygen atoms in total. The van der Waals surface area contributed by atoms with Gasteiger partial charge in [0, 0.05) is 17.9 Å². The highest BCUT2D eigenvalue weighted by Gasteiger charge is 2.14. The van der Waals surface area contributed by atoms with Crippen LogP contribution in [-0.2, 0) is 0 Å². The summed E-state index contributed by atoms with van der Waals surface area (Å²) in [6, 6.07) is 10.2. The van der Waals surface area contributed by atoms with E-state index in [2.05, 4.69) is 19.1 Å². The van der Waals surface area contributed by atoms with E-state index in [0.29, 0.717) is 5.25 Å². The Bertz CT molecular complexity index is 266. The molecular formula is C12H19NOS. The van der Waals surface area contributed by atoms with E-state index in [1.165, 1.54) is 5.56 Å². The lowest BCUT2D eigenvalue weighted by molar-refractivity contribution is 0.296. The van der Waals surface area contributed by atoms with E-state index in [4.69, 9.17) is 10.8 Å². The Morgan fingerprint density at radius 1 is 1.33 bits per heavy atom. The molecule has 0 aliphatic rings. The highest BCUT2D eigenvalue weighted by atomic mass is 32.2. The molecule has 1 rings (SSSR count). The minimum absolute atomic E-state index is 0.0786. The number of aliphatic hydroxyl groups excluding tert-OH is 1. The van der Waals surface area contributed by atoms with Crippen molar-refractivity contribution in [2.75, 3.05) is 12.4 Å². The molecule has 0 bridgehead atoms. The molecule has 0 aliphatic heterocycles. The summed E-state index contributed by atoms with van der Waals surface area (Å²) >= 11 is 1.82. The molecule has 0 heterocycles. The smallest absolute Gasteiger partial charge is 0.0438 e. The summed E-state index contributed by atoms with van der Waals surface area (Å²) in [5.41, 5.74) is 7.32. The van der Waals surface area contributed by atoms with Gasteiger partial charge in [0.25, 0.3) is 0 Å². The van der Waals surface area contributed by atoms with Gasteiger partial charge in [-0.1, -0.05) is 37.3 Å². The zero-order valence-electron chi connectivity index (χ0n) is 9.10. The summed E-state index contributed by atoms with van der Waals surface area (Å²) < 4.78 is 0. The quantitative estimate of drug-likeness (QED) is 0.730. The SMILES string of the molecule is CC(SCCCO)C(N)c1ccccc1. The van der Waals surface area contributed by atoms with Gasteiger partial charge in [-0.15, -0.1) is 0 Å². The van der Waals surface area contributed by atoms with Crippen LogP contribution < -0.4 is 5.73 Å². The summed E-state index contributed by atoms with van der Waals surface area (Å²) in [6.07, 6.45) is 0.844. The first-order valence-corrected chi connectivity index (χ1v) is 6.33. The number of hydrogen-bond donors (Lipinski definition) is 2. The average Bonchev–Trinajstić information content (AvgIpc) is 2.29. The molecule has 1 aromatic carbocycles. The summed E-state index contributed by atoms with van der Waals surface area (Å²) in [7, 11) is 0. The van der Waals surface area contributed by atoms with Gasteiger partial charge < -0.3 is 10.8 Å². The first-order valence-electron chi connectivity index (χ1n) is 5.28. The van der Waals surface area contributed by atoms with Crippen molar-refractivity contribution >= 4 is 11.8 Å². The van der Waals surface area contributed by atoms with Crippen LogP contribution in [0, 0.1) is 0 Å². The van der Waals surface area contributed by atoms with E-state index < -0.39 is 0 Å². The third-order valence-electron chi connectivity index (χ3n) is 2.37. The second kappa shape index (κ2) is 6.88. The molecule has 2 unspecified atom stereocenters. The number of benzene rings is 1. The molecule has 3 N–H and O–H groups in total. The second-order valence-electron chi connectivity index (χ2n) is 3.59. The Kier molecular flexibility index (Phi) is 5.76. The summed E-state index contributed by atoms with van der Waals surface area (Å²) in [6.45, 7) is 2.40. The van der Waals surface area contributed by atoms with Crippen LogP contribution in [0.1, 0.15) is 24.9 Å². The van der Waals surface area contributed by atoms with Gasteiger partial charge in [0.05, 0.1) is 0 Å². The molecule has 0 saturated carbocycles. The molecule has 0 spiro atoms. The summed E-state index contributed by atoms with van der Waals surface area (Å²) in [4.78, 5) is 0. The van der Waals surface area contributed by atoms with Crippen LogP contribution in [-0.4, -0.2) is 22.7 Å². The van der Waals surface area contributed by atoms with Crippen molar-refractivity contribution in [3.05, 3.63) is 35.9 Å². The Balaban J connectivity index is 2.42. The zero-order valence-corrected chi connectivity index (χ0v) is 9.91. The van der Waals surface area contributed by atoms with Gasteiger partial charge in [-0.2, -0.15) is 11.8 Å². The minimum atomic E-state index is 0.0786. The van der Waals surface area contributed by atoms with Gasteiger partial charge in [-0.25, -0.2) is 0 Å². The number of rotatable bonds is 6. The second-order valence-corrected chi connectivity index (χ2v) is 5.07. The highest BCUT2D eigenvalue weighted by Crippen LogP contribution is 2.24. The van der Waals surface area contributed by atoms with E-state index in [1.807, 2.05) is 30.0 Å². The lowest BCUT2D eigenvalue weighted by Crippen LogP contribution is -2.21. The Morgan fingerprint density at radius 3 is 2.60 bits per heavy atom. The van der Waals surface area contributed by atoms with Gasteiger partial charge in [-0.05, 0) is 17.7 Å². The van der Waals surface area contributed by atoms with Gasteiger partial charge in [0.2, 0.25) is 0 Å². The molecule has 15 heavy (non-hydrogen) atoms. The van der Waals surface area contributed by atoms with Crippen LogP contribution in [0.4, 0.5) is 0 Å². The molecule has 0 radical (unpaired) electrons. The first-order chi connectivity index (χ1) is 7.25. The Hall–Kier alpha value is -0.510. The van der Waals surface area contributed by atoms with Crippen molar-refractivity contribution in [1.29, 1.82) is 0 Å². The van der Waals surface area contributed by atoms with Gasteiger partial charge in [-0.3, -0.25) is 0 Å². The summed E-state index contributed by atoms with van der Waals surface area (Å²) in [5, 5.41) is 9.08. The van der Waals surface area contributed by atoms with Crippen molar-refractivity contribution in [3.63, 3.8) is 0 Å². The Labute approximate surface area is 95.9 Å². The van der Waals surface area contributed by atoms with Crippen molar-refractivity contribution in [2.24, 2.45) is 5.73 Å². The normalized spacial score (nSPS) is 14.9. The number of thioether (sulfide) groups is 1. The fourth-order valence-electron chi connectivity index (χ4n) is 1.38. The maximum atomic E-state index is 8.69. The van der Waals surface area contributed by atoms with Crippen LogP contribution in [0.5, 0.6) is 0 Å². The number of nitrogens with two attached hydrogens (primary N) is 1. The molecule has 2 atom stereocenters. The van der Waals surface area contributed by atoms with E-state index in [9.17, 15) is 0 Å². The third kappa shape index (κ3) is 4.24. The van der Waals surface area contributed by atoms with Crippen molar-refractivity contribution in [2.45, 2.75) is 24.6 Å². The molecule has 0 amide bonds. The topological polar surface area (TPSA) is 46.2 Å². The van der Waals surface area contributed by atoms with Gasteiger partial charge in [0.1, 0.15) is 0 Å². The molecule has 84 valence electrons. The lowest BCUT2D eigenvalue weighted by Gasteiger charge is -2.19. The lowest BCUT2D eigenvalue weighted by atomic mass is 10.1. The molecule has 0 saturated heterocycles. The van der Waals surface area contributed by atoms with E-state index in [1.54, 1.807) is 0 Å². The first kappa shape index (κ1) is 12.6. The van der Waals surface area contributed by atoms with E-state index in [-0.39, 0.29) is 12.6 Å². The standard InChI is InChI=1S/C12H19NOS/c1-10(15-9-5-8-14)12(13)11-6-3-2-4-7-11/h2-4,6-7,10,12,14H,5,8-9,13H2,1H3. The largest absolute Gasteiger partial charge is 0.396 e. The molecule has 0 aromatic heterocycles. The van der Waals surface area contributed by atoms with E-state index in [0.717, 1.165) is 12.2 Å². The summed E-state index contributed by atoms with van der Waals surface area (Å²) in [5.74, 6) is 0.970. The monoisotopic (exact) mass is 225 g/mol. The number of hydrogen-bond acceptors (Lipinski definition) is 3. The predicted molar refractivity (Wildman–Crippen MR) is 67.0 cm³/mol. The van der Waals surface area contributed by atoms with Crippen molar-refractivity contribution in [1.82, 2.24) is 0 Å². The number of aliphatic hydroxyl groups is 1. The predicted octanol–water partition coefficient (Wildman–Crippen LogP) is 2.19. The maximum absolute atomic E-state index is 8.69. The third-order valence-corrected chi connectivity index (χ3v) is 3.72. The van der Waals surface area contributed by atoms with Crippen molar-refractivity contribution < 1.29 is 5.11 Å². The molecular weight excluding hydrogens is 206 g/mol. The molecule has 0 aliphatic carbocycles. The van der Waals surface area contributed by atoms with Gasteiger partial charge >= 0.3 is 0 Å². The Morgan fingerprint density at radius 2 is 2.00 bits per heavy atom. The fraction of sp³-hybridized carbons (Fsp3) is 0.500. The van der Waals surface area contributed by atoms with Crippen LogP contribution in [0.2, 0.25) is 0 Å². The fourth-order valence-corrected chi connectivity index (χ4v) is 2.42.